The van der Waals surface area contributed by atoms with E-state index >= 15 is 0 Å². The van der Waals surface area contributed by atoms with Crippen molar-refractivity contribution in [1.29, 1.82) is 0 Å². The number of benzene rings is 2. The first-order valence-electron chi connectivity index (χ1n) is 10.4. The Balaban J connectivity index is 1.34. The molecule has 0 aliphatic carbocycles. The van der Waals surface area contributed by atoms with E-state index < -0.39 is 6.10 Å². The number of aliphatic hydroxyl groups excluding tert-OH is 1. The maximum atomic E-state index is 10.5. The monoisotopic (exact) mass is 402 g/mol. The zero-order chi connectivity index (χ0) is 20.8. The summed E-state index contributed by atoms with van der Waals surface area (Å²) in [4.78, 5) is 8.77. The van der Waals surface area contributed by atoms with Crippen molar-refractivity contribution >= 4 is 11.2 Å². The van der Waals surface area contributed by atoms with Crippen molar-refractivity contribution < 1.29 is 14.3 Å². The lowest BCUT2D eigenvalue weighted by Gasteiger charge is -2.06. The lowest BCUT2D eigenvalue weighted by Crippen LogP contribution is -1.98. The molecule has 0 radical (unpaired) electrons. The van der Waals surface area contributed by atoms with Crippen molar-refractivity contribution in [2.45, 2.75) is 38.2 Å². The molecular formula is C25H26N2O3. The van der Waals surface area contributed by atoms with E-state index in [1.807, 2.05) is 36.4 Å². The molecule has 5 heteroatoms. The number of ether oxygens (including phenoxy) is 1. The average molecular weight is 402 g/mol. The fourth-order valence-corrected chi connectivity index (χ4v) is 3.53. The third-order valence-electron chi connectivity index (χ3n) is 5.26. The van der Waals surface area contributed by atoms with Gasteiger partial charge in [0.05, 0.1) is 7.11 Å². The highest BCUT2D eigenvalue weighted by Gasteiger charge is 2.16. The molecule has 0 amide bonds. The van der Waals surface area contributed by atoms with Crippen molar-refractivity contribution in [3.8, 4) is 16.9 Å². The Morgan fingerprint density at radius 3 is 2.53 bits per heavy atom. The summed E-state index contributed by atoms with van der Waals surface area (Å²) in [7, 11) is 1.65. The third kappa shape index (κ3) is 4.86. The minimum Gasteiger partial charge on any atom is -0.497 e. The van der Waals surface area contributed by atoms with Gasteiger partial charge in [0.2, 0.25) is 5.89 Å². The molecule has 4 aromatic rings. The highest BCUT2D eigenvalue weighted by molar-refractivity contribution is 5.76. The van der Waals surface area contributed by atoms with E-state index in [0.29, 0.717) is 23.5 Å². The Morgan fingerprint density at radius 1 is 0.967 bits per heavy atom. The smallest absolute Gasteiger partial charge is 0.225 e. The van der Waals surface area contributed by atoms with E-state index in [2.05, 4.69) is 34.2 Å². The maximum Gasteiger partial charge on any atom is 0.225 e. The predicted octanol–water partition coefficient (Wildman–Crippen LogP) is 5.73. The van der Waals surface area contributed by atoms with Crippen molar-refractivity contribution in [2.24, 2.45) is 0 Å². The standard InChI is InChI=1S/C25H26N2O3/c1-29-21-14-12-19(13-15-21)20-16-23-24(26-17-20)27-25(30-23)22(28)11-7-3-6-10-18-8-4-2-5-9-18/h2,4-5,8-9,12-17,22,28H,3,6-7,10-11H2,1H3. The van der Waals surface area contributed by atoms with E-state index in [9.17, 15) is 5.11 Å². The van der Waals surface area contributed by atoms with Crippen LogP contribution in [0.25, 0.3) is 22.4 Å². The molecule has 0 aliphatic rings. The van der Waals surface area contributed by atoms with Crippen LogP contribution in [0.3, 0.4) is 0 Å². The number of nitrogens with zero attached hydrogens (tertiary/aromatic N) is 2. The molecule has 0 saturated carbocycles. The van der Waals surface area contributed by atoms with Gasteiger partial charge in [0.1, 0.15) is 11.9 Å². The van der Waals surface area contributed by atoms with Gasteiger partial charge in [-0.15, -0.1) is 0 Å². The van der Waals surface area contributed by atoms with Gasteiger partial charge in [0.15, 0.2) is 11.2 Å². The van der Waals surface area contributed by atoms with Crippen LogP contribution in [0.2, 0.25) is 0 Å². The maximum absolute atomic E-state index is 10.5. The number of methoxy groups -OCH3 is 1. The summed E-state index contributed by atoms with van der Waals surface area (Å²) >= 11 is 0. The first-order chi connectivity index (χ1) is 14.7. The van der Waals surface area contributed by atoms with Gasteiger partial charge in [-0.05, 0) is 48.6 Å². The first-order valence-corrected chi connectivity index (χ1v) is 10.4. The molecule has 30 heavy (non-hydrogen) atoms. The van der Waals surface area contributed by atoms with E-state index in [-0.39, 0.29) is 0 Å². The molecule has 1 atom stereocenters. The number of aliphatic hydroxyl groups is 1. The van der Waals surface area contributed by atoms with Crippen molar-refractivity contribution in [3.05, 3.63) is 78.3 Å². The summed E-state index contributed by atoms with van der Waals surface area (Å²) < 4.78 is 11.0. The molecule has 2 aromatic carbocycles. The van der Waals surface area contributed by atoms with E-state index in [1.54, 1.807) is 13.3 Å². The molecule has 154 valence electrons. The summed E-state index contributed by atoms with van der Waals surface area (Å²) in [6.07, 6.45) is 5.86. The molecule has 0 bridgehead atoms. The van der Waals surface area contributed by atoms with Crippen LogP contribution in [0, 0.1) is 0 Å². The summed E-state index contributed by atoms with van der Waals surface area (Å²) in [6.45, 7) is 0. The molecule has 0 spiro atoms. The van der Waals surface area contributed by atoms with Crippen LogP contribution in [-0.4, -0.2) is 22.2 Å². The quantitative estimate of drug-likeness (QED) is 0.362. The number of rotatable bonds is 9. The molecule has 4 rings (SSSR count). The molecule has 0 fully saturated rings. The van der Waals surface area contributed by atoms with Crippen LogP contribution in [0.4, 0.5) is 0 Å². The highest BCUT2D eigenvalue weighted by Crippen LogP contribution is 2.27. The topological polar surface area (TPSA) is 68.4 Å². The normalized spacial score (nSPS) is 12.2. The van der Waals surface area contributed by atoms with Crippen LogP contribution in [-0.2, 0) is 6.42 Å². The lowest BCUT2D eigenvalue weighted by atomic mass is 10.0. The fourth-order valence-electron chi connectivity index (χ4n) is 3.53. The number of fused-ring (bicyclic) bond motifs is 1. The lowest BCUT2D eigenvalue weighted by molar-refractivity contribution is 0.133. The molecular weight excluding hydrogens is 376 g/mol. The van der Waals surface area contributed by atoms with Gasteiger partial charge in [-0.2, -0.15) is 4.98 Å². The molecule has 1 N–H and O–H groups in total. The predicted molar refractivity (Wildman–Crippen MR) is 117 cm³/mol. The van der Waals surface area contributed by atoms with Crippen molar-refractivity contribution in [3.63, 3.8) is 0 Å². The number of unbranched alkanes of at least 4 members (excludes halogenated alkanes) is 2. The number of hydrogen-bond acceptors (Lipinski definition) is 5. The molecule has 2 heterocycles. The minimum atomic E-state index is -0.708. The second kappa shape index (κ2) is 9.55. The van der Waals surface area contributed by atoms with Gasteiger partial charge in [0, 0.05) is 11.8 Å². The van der Waals surface area contributed by atoms with Crippen LogP contribution in [0.1, 0.15) is 43.2 Å². The Morgan fingerprint density at radius 2 is 1.77 bits per heavy atom. The SMILES string of the molecule is COc1ccc(-c2cnc3nc(C(O)CCCCCc4ccccc4)oc3c2)cc1. The Bertz CT molecular complexity index is 1070. The van der Waals surface area contributed by atoms with Crippen LogP contribution in [0.15, 0.2) is 71.3 Å². The molecule has 0 saturated heterocycles. The van der Waals surface area contributed by atoms with Gasteiger partial charge in [-0.1, -0.05) is 55.3 Å². The zero-order valence-electron chi connectivity index (χ0n) is 17.1. The summed E-state index contributed by atoms with van der Waals surface area (Å²) in [6, 6.07) is 20.2. The number of pyridine rings is 1. The van der Waals surface area contributed by atoms with Crippen molar-refractivity contribution in [2.75, 3.05) is 7.11 Å². The molecule has 2 aromatic heterocycles. The van der Waals surface area contributed by atoms with Crippen LogP contribution >= 0.6 is 0 Å². The third-order valence-corrected chi connectivity index (χ3v) is 5.26. The van der Waals surface area contributed by atoms with Gasteiger partial charge < -0.3 is 14.3 Å². The molecule has 1 unspecified atom stereocenters. The minimum absolute atomic E-state index is 0.340. The second-order valence-corrected chi connectivity index (χ2v) is 7.43. The second-order valence-electron chi connectivity index (χ2n) is 7.43. The van der Waals surface area contributed by atoms with Gasteiger partial charge >= 0.3 is 0 Å². The first kappa shape index (κ1) is 20.1. The number of aromatic nitrogens is 2. The van der Waals surface area contributed by atoms with Gasteiger partial charge in [-0.3, -0.25) is 0 Å². The number of aryl methyl sites for hydroxylation is 1. The van der Waals surface area contributed by atoms with E-state index in [0.717, 1.165) is 42.6 Å². The Labute approximate surface area is 176 Å². The summed E-state index contributed by atoms with van der Waals surface area (Å²) in [5.74, 6) is 1.15. The summed E-state index contributed by atoms with van der Waals surface area (Å²) in [5, 5.41) is 10.5. The van der Waals surface area contributed by atoms with Gasteiger partial charge in [-0.25, -0.2) is 4.98 Å². The fraction of sp³-hybridized carbons (Fsp3) is 0.280. The van der Waals surface area contributed by atoms with Crippen LogP contribution < -0.4 is 4.74 Å². The molecule has 0 aliphatic heterocycles. The van der Waals surface area contributed by atoms with E-state index in [4.69, 9.17) is 9.15 Å². The Hall–Kier alpha value is -3.18. The average Bonchev–Trinajstić information content (AvgIpc) is 3.23. The number of oxazole rings is 1. The largest absolute Gasteiger partial charge is 0.497 e. The Kier molecular flexibility index (Phi) is 6.40. The molecule has 5 nitrogen and oxygen atoms in total. The van der Waals surface area contributed by atoms with Gasteiger partial charge in [0.25, 0.3) is 0 Å². The summed E-state index contributed by atoms with van der Waals surface area (Å²) in [5.41, 5.74) is 4.41. The van der Waals surface area contributed by atoms with E-state index in [1.165, 1.54) is 5.56 Å². The van der Waals surface area contributed by atoms with Crippen molar-refractivity contribution in [1.82, 2.24) is 9.97 Å². The number of hydrogen-bond donors (Lipinski definition) is 1. The van der Waals surface area contributed by atoms with Crippen LogP contribution in [0.5, 0.6) is 5.75 Å². The zero-order valence-corrected chi connectivity index (χ0v) is 17.1. The highest BCUT2D eigenvalue weighted by atomic mass is 16.5.